The number of hydrogen-bond donors (Lipinski definition) is 1. The summed E-state index contributed by atoms with van der Waals surface area (Å²) in [6.45, 7) is 1.69. The van der Waals surface area contributed by atoms with Gasteiger partial charge in [-0.2, -0.15) is 0 Å². The second-order valence-corrected chi connectivity index (χ2v) is 6.82. The maximum absolute atomic E-state index is 13.1. The summed E-state index contributed by atoms with van der Waals surface area (Å²) in [7, 11) is -0.599. The second kappa shape index (κ2) is 6.76. The van der Waals surface area contributed by atoms with Crippen LogP contribution in [-0.2, 0) is 16.5 Å². The standard InChI is InChI=1S/C19H18N4O2S/c1-13-17(20-8-7-18(13)25-2)12-26(24)19-21-15-6-5-14(11-16(15)22-19)23-9-3-4-10-23/h3-11H,12H2,1-2H3,(H,21,22)/i12D2. The van der Waals surface area contributed by atoms with Gasteiger partial charge in [0.1, 0.15) is 5.75 Å². The minimum Gasteiger partial charge on any atom is -0.496 e. The maximum Gasteiger partial charge on any atom is 0.197 e. The van der Waals surface area contributed by atoms with Gasteiger partial charge in [0.15, 0.2) is 5.16 Å². The topological polar surface area (TPSA) is 72.8 Å². The number of nitrogens with one attached hydrogen (secondary N) is 1. The number of hydrogen-bond acceptors (Lipinski definition) is 4. The van der Waals surface area contributed by atoms with Gasteiger partial charge in [-0.05, 0) is 43.3 Å². The third kappa shape index (κ3) is 3.01. The molecular weight excluding hydrogens is 348 g/mol. The maximum atomic E-state index is 13.1. The zero-order chi connectivity index (χ0) is 19.9. The zero-order valence-corrected chi connectivity index (χ0v) is 15.1. The van der Waals surface area contributed by atoms with Crippen molar-refractivity contribution < 1.29 is 11.7 Å². The van der Waals surface area contributed by atoms with E-state index in [1.807, 2.05) is 47.3 Å². The summed E-state index contributed by atoms with van der Waals surface area (Å²) in [4.78, 5) is 11.4. The van der Waals surface area contributed by atoms with E-state index in [1.54, 1.807) is 13.0 Å². The number of nitrogens with zero attached hydrogens (tertiary/aromatic N) is 3. The highest BCUT2D eigenvalue weighted by molar-refractivity contribution is 7.84. The monoisotopic (exact) mass is 368 g/mol. The summed E-state index contributed by atoms with van der Waals surface area (Å²) in [5, 5.41) is 0.0636. The van der Waals surface area contributed by atoms with Gasteiger partial charge in [-0.15, -0.1) is 0 Å². The first-order chi connectivity index (χ1) is 13.4. The molecule has 1 atom stereocenters. The lowest BCUT2D eigenvalue weighted by Gasteiger charge is -2.08. The van der Waals surface area contributed by atoms with Crippen molar-refractivity contribution >= 4 is 21.8 Å². The van der Waals surface area contributed by atoms with Crippen LogP contribution in [0.15, 0.2) is 60.1 Å². The number of aromatic amines is 1. The molecule has 0 saturated carbocycles. The molecule has 26 heavy (non-hydrogen) atoms. The molecule has 4 aromatic rings. The fraction of sp³-hybridized carbons (Fsp3) is 0.158. The molecule has 0 fully saturated rings. The summed E-state index contributed by atoms with van der Waals surface area (Å²) in [5.41, 5.74) is 0.557. The molecule has 0 aliphatic carbocycles. The smallest absolute Gasteiger partial charge is 0.197 e. The van der Waals surface area contributed by atoms with Gasteiger partial charge in [-0.3, -0.25) is 9.19 Å². The highest BCUT2D eigenvalue weighted by atomic mass is 32.2. The Labute approximate surface area is 156 Å². The number of fused-ring (bicyclic) bond motifs is 1. The number of pyridine rings is 1. The lowest BCUT2D eigenvalue weighted by atomic mass is 10.2. The number of aromatic nitrogens is 4. The summed E-state index contributed by atoms with van der Waals surface area (Å²) < 4.78 is 37.1. The van der Waals surface area contributed by atoms with Crippen LogP contribution in [0.2, 0.25) is 0 Å². The van der Waals surface area contributed by atoms with E-state index in [2.05, 4.69) is 15.0 Å². The van der Waals surface area contributed by atoms with Crippen molar-refractivity contribution in [3.63, 3.8) is 0 Å². The fourth-order valence-corrected chi connectivity index (χ4v) is 3.57. The Bertz CT molecular complexity index is 1170. The molecule has 0 aliphatic rings. The van der Waals surface area contributed by atoms with Crippen LogP contribution in [0.1, 0.15) is 14.0 Å². The molecule has 3 heterocycles. The minimum absolute atomic E-state index is 0.0636. The van der Waals surface area contributed by atoms with E-state index in [0.717, 1.165) is 5.69 Å². The molecule has 7 heteroatoms. The summed E-state index contributed by atoms with van der Waals surface area (Å²) in [6.07, 6.45) is 5.29. The van der Waals surface area contributed by atoms with Crippen LogP contribution in [0, 0.1) is 6.92 Å². The Balaban J connectivity index is 1.74. The van der Waals surface area contributed by atoms with E-state index >= 15 is 0 Å². The highest BCUT2D eigenvalue weighted by Crippen LogP contribution is 2.22. The summed E-state index contributed by atoms with van der Waals surface area (Å²) in [6, 6.07) is 11.1. The van der Waals surface area contributed by atoms with Gasteiger partial charge >= 0.3 is 0 Å². The molecule has 0 bridgehead atoms. The van der Waals surface area contributed by atoms with Crippen LogP contribution in [-0.4, -0.2) is 30.8 Å². The van der Waals surface area contributed by atoms with Crippen LogP contribution >= 0.6 is 0 Å². The SMILES string of the molecule is [2H]C([2H])(c1nccc(OC)c1C)S(=O)c1nc2ccc(-n3cccc3)cc2[nH]1. The normalized spacial score (nSPS) is 14.1. The second-order valence-electron chi connectivity index (χ2n) is 5.69. The van der Waals surface area contributed by atoms with E-state index in [9.17, 15) is 4.21 Å². The predicted octanol–water partition coefficient (Wildman–Crippen LogP) is 3.37. The Hall–Kier alpha value is -2.93. The van der Waals surface area contributed by atoms with Gasteiger partial charge in [-0.25, -0.2) is 4.98 Å². The molecule has 0 spiro atoms. The third-order valence-electron chi connectivity index (χ3n) is 4.09. The van der Waals surface area contributed by atoms with E-state index in [4.69, 9.17) is 7.48 Å². The average Bonchev–Trinajstić information content (AvgIpc) is 3.36. The molecule has 1 unspecified atom stereocenters. The fourth-order valence-electron chi connectivity index (χ4n) is 2.71. The molecule has 1 N–H and O–H groups in total. The van der Waals surface area contributed by atoms with E-state index < -0.39 is 16.5 Å². The van der Waals surface area contributed by atoms with Crippen molar-refractivity contribution in [1.82, 2.24) is 19.5 Å². The van der Waals surface area contributed by atoms with Gasteiger partial charge in [0.25, 0.3) is 0 Å². The molecule has 6 nitrogen and oxygen atoms in total. The van der Waals surface area contributed by atoms with Crippen molar-refractivity contribution in [2.24, 2.45) is 0 Å². The van der Waals surface area contributed by atoms with E-state index in [1.165, 1.54) is 13.3 Å². The van der Waals surface area contributed by atoms with Crippen LogP contribution < -0.4 is 4.74 Å². The molecule has 0 aliphatic heterocycles. The molecule has 0 amide bonds. The van der Waals surface area contributed by atoms with Crippen LogP contribution in [0.3, 0.4) is 0 Å². The van der Waals surface area contributed by atoms with Gasteiger partial charge in [0.05, 0.1) is 40.3 Å². The molecule has 3 aromatic heterocycles. The summed E-state index contributed by atoms with van der Waals surface area (Å²) in [5.74, 6) is 0.492. The van der Waals surface area contributed by atoms with Crippen molar-refractivity contribution in [3.05, 3.63) is 66.2 Å². The molecule has 1 aromatic carbocycles. The van der Waals surface area contributed by atoms with Crippen molar-refractivity contribution in [3.8, 4) is 11.4 Å². The number of ether oxygens (including phenoxy) is 1. The number of methoxy groups -OCH3 is 1. The largest absolute Gasteiger partial charge is 0.496 e. The summed E-state index contributed by atoms with van der Waals surface area (Å²) >= 11 is 0. The highest BCUT2D eigenvalue weighted by Gasteiger charge is 2.15. The molecule has 0 radical (unpaired) electrons. The van der Waals surface area contributed by atoms with Crippen LogP contribution in [0.4, 0.5) is 0 Å². The zero-order valence-electron chi connectivity index (χ0n) is 16.3. The lowest BCUT2D eigenvalue weighted by molar-refractivity contribution is 0.410. The Kier molecular flexibility index (Phi) is 3.71. The molecule has 132 valence electrons. The molecular formula is C19H18N4O2S. The van der Waals surface area contributed by atoms with Crippen molar-refractivity contribution in [1.29, 1.82) is 0 Å². The third-order valence-corrected chi connectivity index (χ3v) is 5.01. The average molecular weight is 368 g/mol. The number of imidazole rings is 1. The Morgan fingerprint density at radius 3 is 2.88 bits per heavy atom. The van der Waals surface area contributed by atoms with Gasteiger partial charge < -0.3 is 14.3 Å². The first kappa shape index (κ1) is 14.3. The number of H-pyrrole nitrogens is 1. The van der Waals surface area contributed by atoms with Crippen molar-refractivity contribution in [2.75, 3.05) is 7.11 Å². The first-order valence-corrected chi connectivity index (χ1v) is 9.12. The predicted molar refractivity (Wildman–Crippen MR) is 101 cm³/mol. The van der Waals surface area contributed by atoms with E-state index in [-0.39, 0.29) is 10.9 Å². The number of rotatable bonds is 5. The number of benzene rings is 1. The van der Waals surface area contributed by atoms with Gasteiger partial charge in [-0.1, -0.05) is 0 Å². The van der Waals surface area contributed by atoms with Crippen LogP contribution in [0.25, 0.3) is 16.7 Å². The first-order valence-electron chi connectivity index (χ1n) is 8.97. The molecule has 0 saturated heterocycles. The van der Waals surface area contributed by atoms with Gasteiger partial charge in [0.2, 0.25) is 0 Å². The quantitative estimate of drug-likeness (QED) is 0.586. The van der Waals surface area contributed by atoms with Gasteiger partial charge in [0, 0.05) is 32.6 Å². The Morgan fingerprint density at radius 1 is 1.31 bits per heavy atom. The van der Waals surface area contributed by atoms with E-state index in [0.29, 0.717) is 22.3 Å². The minimum atomic E-state index is -2.24. The Morgan fingerprint density at radius 2 is 2.12 bits per heavy atom. The molecule has 4 rings (SSSR count). The van der Waals surface area contributed by atoms with Crippen molar-refractivity contribution in [2.45, 2.75) is 17.8 Å². The van der Waals surface area contributed by atoms with Crippen LogP contribution in [0.5, 0.6) is 5.75 Å². The lowest BCUT2D eigenvalue weighted by Crippen LogP contribution is -2.03.